The van der Waals surface area contributed by atoms with Crippen LogP contribution in [0, 0.1) is 5.41 Å². The molecule has 12 heavy (non-hydrogen) atoms. The molecule has 0 aliphatic rings. The summed E-state index contributed by atoms with van der Waals surface area (Å²) in [6, 6.07) is 0. The van der Waals surface area contributed by atoms with Gasteiger partial charge in [-0.15, -0.1) is 0 Å². The van der Waals surface area contributed by atoms with Gasteiger partial charge in [-0.2, -0.15) is 0 Å². The first-order valence-electron chi connectivity index (χ1n) is 4.00. The number of aliphatic hydroxyl groups is 1. The summed E-state index contributed by atoms with van der Waals surface area (Å²) < 4.78 is 23.5. The summed E-state index contributed by atoms with van der Waals surface area (Å²) in [6.07, 6.45) is -4.20. The first-order valence-corrected chi connectivity index (χ1v) is 4.00. The Hall–Kier alpha value is -0.220. The van der Waals surface area contributed by atoms with Crippen LogP contribution in [0.4, 0.5) is 8.78 Å². The number of hydrogen-bond acceptors (Lipinski definition) is 2. The van der Waals surface area contributed by atoms with Gasteiger partial charge < -0.3 is 10.4 Å². The maximum absolute atomic E-state index is 11.8. The summed E-state index contributed by atoms with van der Waals surface area (Å²) in [5.41, 5.74) is 0.0574. The number of nitrogens with one attached hydrogen (secondary N) is 1. The number of halogens is 2. The van der Waals surface area contributed by atoms with E-state index in [2.05, 4.69) is 5.32 Å². The monoisotopic (exact) mass is 181 g/mol. The number of hydrogen-bond donors (Lipinski definition) is 2. The van der Waals surface area contributed by atoms with Gasteiger partial charge in [0.05, 0.1) is 0 Å². The molecule has 0 fully saturated rings. The topological polar surface area (TPSA) is 32.3 Å². The Kier molecular flexibility index (Phi) is 4.63. The van der Waals surface area contributed by atoms with Crippen LogP contribution < -0.4 is 5.32 Å². The normalized spacial score (nSPS) is 15.2. The third-order valence-corrected chi connectivity index (χ3v) is 1.30. The van der Waals surface area contributed by atoms with Crippen LogP contribution in [-0.4, -0.2) is 30.7 Å². The molecule has 0 aromatic heterocycles. The lowest BCUT2D eigenvalue weighted by molar-refractivity contribution is -0.00407. The molecule has 2 N–H and O–H groups in total. The van der Waals surface area contributed by atoms with Crippen molar-refractivity contribution in [2.75, 3.05) is 13.1 Å². The van der Waals surface area contributed by atoms with Crippen LogP contribution in [0.15, 0.2) is 0 Å². The molecule has 0 rings (SSSR count). The van der Waals surface area contributed by atoms with Crippen molar-refractivity contribution in [3.8, 4) is 0 Å². The van der Waals surface area contributed by atoms with Gasteiger partial charge in [0.15, 0.2) is 0 Å². The SMILES string of the molecule is CC(C)(C)CNCC(O)C(F)F. The highest BCUT2D eigenvalue weighted by molar-refractivity contribution is 4.68. The lowest BCUT2D eigenvalue weighted by Crippen LogP contribution is -2.36. The van der Waals surface area contributed by atoms with Crippen LogP contribution in [0.1, 0.15) is 20.8 Å². The predicted molar refractivity (Wildman–Crippen MR) is 44.3 cm³/mol. The second-order valence-corrected chi connectivity index (χ2v) is 4.09. The van der Waals surface area contributed by atoms with Gasteiger partial charge in [0.2, 0.25) is 0 Å². The van der Waals surface area contributed by atoms with Gasteiger partial charge in [-0.05, 0) is 5.41 Å². The van der Waals surface area contributed by atoms with E-state index in [9.17, 15) is 8.78 Å². The highest BCUT2D eigenvalue weighted by atomic mass is 19.3. The van der Waals surface area contributed by atoms with Gasteiger partial charge in [-0.1, -0.05) is 20.8 Å². The van der Waals surface area contributed by atoms with Crippen LogP contribution in [-0.2, 0) is 0 Å². The van der Waals surface area contributed by atoms with Crippen molar-refractivity contribution in [1.29, 1.82) is 0 Å². The average molecular weight is 181 g/mol. The van der Waals surface area contributed by atoms with Crippen molar-refractivity contribution in [3.63, 3.8) is 0 Å². The van der Waals surface area contributed by atoms with Crippen molar-refractivity contribution in [2.45, 2.75) is 33.3 Å². The quantitative estimate of drug-likeness (QED) is 0.684. The van der Waals surface area contributed by atoms with Gasteiger partial charge in [0.25, 0.3) is 6.43 Å². The molecule has 2 nitrogen and oxygen atoms in total. The zero-order valence-electron chi connectivity index (χ0n) is 7.77. The Balaban J connectivity index is 3.44. The highest BCUT2D eigenvalue weighted by Crippen LogP contribution is 2.10. The second kappa shape index (κ2) is 4.72. The first-order chi connectivity index (χ1) is 5.33. The molecule has 0 bridgehead atoms. The zero-order valence-corrected chi connectivity index (χ0v) is 7.77. The molecule has 0 aliphatic carbocycles. The third-order valence-electron chi connectivity index (χ3n) is 1.30. The Bertz CT molecular complexity index is 123. The van der Waals surface area contributed by atoms with Crippen LogP contribution in [0.5, 0.6) is 0 Å². The zero-order chi connectivity index (χ0) is 9.78. The molecule has 74 valence electrons. The fraction of sp³-hybridized carbons (Fsp3) is 1.00. The molecule has 0 aromatic rings. The summed E-state index contributed by atoms with van der Waals surface area (Å²) in [5, 5.41) is 11.5. The summed E-state index contributed by atoms with van der Waals surface area (Å²) in [5.74, 6) is 0. The minimum absolute atomic E-state index is 0.0467. The van der Waals surface area contributed by atoms with E-state index in [1.807, 2.05) is 20.8 Å². The molecule has 0 aliphatic heterocycles. The van der Waals surface area contributed by atoms with E-state index in [1.54, 1.807) is 0 Å². The van der Waals surface area contributed by atoms with Gasteiger partial charge in [0.1, 0.15) is 6.10 Å². The van der Waals surface area contributed by atoms with Crippen molar-refractivity contribution < 1.29 is 13.9 Å². The molecule has 0 heterocycles. The molecule has 0 spiro atoms. The van der Waals surface area contributed by atoms with Gasteiger partial charge in [-0.25, -0.2) is 8.78 Å². The molecular formula is C8H17F2NO. The predicted octanol–water partition coefficient (Wildman–Crippen LogP) is 1.25. The smallest absolute Gasteiger partial charge is 0.265 e. The van der Waals surface area contributed by atoms with E-state index < -0.39 is 12.5 Å². The van der Waals surface area contributed by atoms with E-state index >= 15 is 0 Å². The molecule has 4 heteroatoms. The summed E-state index contributed by atoms with van der Waals surface area (Å²) in [6.45, 7) is 6.56. The van der Waals surface area contributed by atoms with E-state index in [0.717, 1.165) is 0 Å². The fourth-order valence-corrected chi connectivity index (χ4v) is 0.684. The van der Waals surface area contributed by atoms with E-state index in [4.69, 9.17) is 5.11 Å². The molecular weight excluding hydrogens is 164 g/mol. The van der Waals surface area contributed by atoms with Crippen LogP contribution in [0.3, 0.4) is 0 Å². The standard InChI is InChI=1S/C8H17F2NO/c1-8(2,3)5-11-4-6(12)7(9)10/h6-7,11-12H,4-5H2,1-3H3. The minimum Gasteiger partial charge on any atom is -0.386 e. The van der Waals surface area contributed by atoms with Crippen LogP contribution in [0.25, 0.3) is 0 Å². The van der Waals surface area contributed by atoms with Gasteiger partial charge in [-0.3, -0.25) is 0 Å². The Morgan fingerprint density at radius 1 is 1.33 bits per heavy atom. The van der Waals surface area contributed by atoms with Crippen molar-refractivity contribution in [3.05, 3.63) is 0 Å². The van der Waals surface area contributed by atoms with Crippen molar-refractivity contribution >= 4 is 0 Å². The number of rotatable bonds is 4. The largest absolute Gasteiger partial charge is 0.386 e. The number of alkyl halides is 2. The molecule has 0 amide bonds. The number of aliphatic hydroxyl groups excluding tert-OH is 1. The Labute approximate surface area is 72.0 Å². The molecule has 0 saturated carbocycles. The van der Waals surface area contributed by atoms with Gasteiger partial charge in [0, 0.05) is 13.1 Å². The average Bonchev–Trinajstić information content (AvgIpc) is 1.84. The third kappa shape index (κ3) is 6.49. The van der Waals surface area contributed by atoms with Crippen LogP contribution >= 0.6 is 0 Å². The first kappa shape index (κ1) is 11.8. The van der Waals surface area contributed by atoms with Gasteiger partial charge >= 0.3 is 0 Å². The molecule has 1 unspecified atom stereocenters. The minimum atomic E-state index is -2.66. The fourth-order valence-electron chi connectivity index (χ4n) is 0.684. The van der Waals surface area contributed by atoms with Crippen molar-refractivity contribution in [2.24, 2.45) is 5.41 Å². The van der Waals surface area contributed by atoms with Crippen LogP contribution in [0.2, 0.25) is 0 Å². The van der Waals surface area contributed by atoms with E-state index in [1.165, 1.54) is 0 Å². The summed E-state index contributed by atoms with van der Waals surface area (Å²) in [7, 11) is 0. The maximum atomic E-state index is 11.8. The maximum Gasteiger partial charge on any atom is 0.265 e. The van der Waals surface area contributed by atoms with Crippen molar-refractivity contribution in [1.82, 2.24) is 5.32 Å². The molecule has 0 saturated heterocycles. The molecule has 0 radical (unpaired) electrons. The van der Waals surface area contributed by atoms with E-state index in [-0.39, 0.29) is 12.0 Å². The second-order valence-electron chi connectivity index (χ2n) is 4.09. The van der Waals surface area contributed by atoms with E-state index in [0.29, 0.717) is 6.54 Å². The highest BCUT2D eigenvalue weighted by Gasteiger charge is 2.17. The lowest BCUT2D eigenvalue weighted by Gasteiger charge is -2.20. The molecule has 0 aromatic carbocycles. The lowest BCUT2D eigenvalue weighted by atomic mass is 9.97. The Morgan fingerprint density at radius 2 is 1.83 bits per heavy atom. The summed E-state index contributed by atoms with van der Waals surface area (Å²) >= 11 is 0. The summed E-state index contributed by atoms with van der Waals surface area (Å²) in [4.78, 5) is 0. The molecule has 1 atom stereocenters. The Morgan fingerprint density at radius 3 is 2.17 bits per heavy atom.